The predicted octanol–water partition coefficient (Wildman–Crippen LogP) is 2.86. The van der Waals surface area contributed by atoms with Crippen molar-refractivity contribution in [3.8, 4) is 0 Å². The minimum atomic E-state index is -0.253. The molecular weight excluding hydrogens is 201 g/mol. The largest absolute Gasteiger partial charge is 0.313 e. The second-order valence-corrected chi connectivity index (χ2v) is 3.77. The second kappa shape index (κ2) is 4.11. The van der Waals surface area contributed by atoms with Crippen molar-refractivity contribution >= 4 is 17.7 Å². The molecule has 1 aliphatic heterocycles. The van der Waals surface area contributed by atoms with Crippen molar-refractivity contribution in [2.45, 2.75) is 6.42 Å². The molecule has 0 bridgehead atoms. The van der Waals surface area contributed by atoms with Crippen LogP contribution in [0.2, 0.25) is 5.02 Å². The van der Waals surface area contributed by atoms with Crippen molar-refractivity contribution in [3.63, 3.8) is 0 Å². The fourth-order valence-electron chi connectivity index (χ4n) is 1.56. The van der Waals surface area contributed by atoms with Gasteiger partial charge >= 0.3 is 0 Å². The number of benzene rings is 1. The molecule has 1 nitrogen and oxygen atoms in total. The van der Waals surface area contributed by atoms with E-state index in [1.54, 1.807) is 12.1 Å². The maximum atomic E-state index is 13.4. The first-order valence-corrected chi connectivity index (χ1v) is 4.99. The third kappa shape index (κ3) is 1.97. The van der Waals surface area contributed by atoms with Gasteiger partial charge in [-0.3, -0.25) is 0 Å². The van der Waals surface area contributed by atoms with Crippen molar-refractivity contribution in [2.24, 2.45) is 0 Å². The lowest BCUT2D eigenvalue weighted by atomic mass is 10.1. The molecule has 1 aliphatic rings. The van der Waals surface area contributed by atoms with Gasteiger partial charge in [0.25, 0.3) is 0 Å². The lowest BCUT2D eigenvalue weighted by molar-refractivity contribution is 0.625. The topological polar surface area (TPSA) is 12.0 Å². The average molecular weight is 212 g/mol. The molecule has 1 saturated heterocycles. The van der Waals surface area contributed by atoms with Gasteiger partial charge < -0.3 is 5.32 Å². The van der Waals surface area contributed by atoms with E-state index in [0.717, 1.165) is 19.5 Å². The maximum Gasteiger partial charge on any atom is 0.131 e. The third-order valence-corrected chi connectivity index (χ3v) is 2.65. The van der Waals surface area contributed by atoms with Crippen molar-refractivity contribution in [1.82, 2.24) is 5.32 Å². The maximum absolute atomic E-state index is 13.4. The van der Waals surface area contributed by atoms with E-state index in [1.165, 1.54) is 11.6 Å². The van der Waals surface area contributed by atoms with Crippen LogP contribution in [0.1, 0.15) is 12.0 Å². The van der Waals surface area contributed by atoms with Gasteiger partial charge in [0.15, 0.2) is 0 Å². The van der Waals surface area contributed by atoms with Gasteiger partial charge in [-0.15, -0.1) is 0 Å². The van der Waals surface area contributed by atoms with Gasteiger partial charge in [-0.05, 0) is 25.1 Å². The Bertz CT molecular complexity index is 345. The van der Waals surface area contributed by atoms with Crippen LogP contribution >= 0.6 is 11.6 Å². The quantitative estimate of drug-likeness (QED) is 0.753. The first kappa shape index (κ1) is 9.69. The zero-order valence-corrected chi connectivity index (χ0v) is 8.44. The normalized spacial score (nSPS) is 19.1. The molecule has 1 aromatic rings. The molecule has 0 aliphatic carbocycles. The van der Waals surface area contributed by atoms with Gasteiger partial charge in [-0.25, -0.2) is 4.39 Å². The molecule has 0 amide bonds. The summed E-state index contributed by atoms with van der Waals surface area (Å²) in [5.41, 5.74) is 1.71. The molecule has 1 N–H and O–H groups in total. The molecule has 0 spiro atoms. The Hall–Kier alpha value is -0.860. The summed E-state index contributed by atoms with van der Waals surface area (Å²) in [5.74, 6) is -0.253. The Morgan fingerprint density at radius 3 is 2.93 bits per heavy atom. The van der Waals surface area contributed by atoms with Crippen molar-refractivity contribution in [3.05, 3.63) is 40.2 Å². The van der Waals surface area contributed by atoms with Gasteiger partial charge in [0.1, 0.15) is 5.82 Å². The Morgan fingerprint density at radius 2 is 2.29 bits per heavy atom. The Morgan fingerprint density at radius 1 is 1.43 bits per heavy atom. The number of hydrogen-bond acceptors (Lipinski definition) is 1. The Labute approximate surface area is 87.6 Å². The summed E-state index contributed by atoms with van der Waals surface area (Å²) >= 11 is 5.90. The van der Waals surface area contributed by atoms with E-state index in [-0.39, 0.29) is 5.82 Å². The van der Waals surface area contributed by atoms with E-state index in [4.69, 9.17) is 11.6 Å². The first-order chi connectivity index (χ1) is 6.77. The van der Waals surface area contributed by atoms with Crippen LogP contribution in [0.15, 0.2) is 23.8 Å². The third-order valence-electron chi connectivity index (χ3n) is 2.32. The van der Waals surface area contributed by atoms with E-state index in [9.17, 15) is 4.39 Å². The molecule has 74 valence electrons. The summed E-state index contributed by atoms with van der Waals surface area (Å²) in [5, 5.41) is 3.67. The van der Waals surface area contributed by atoms with E-state index < -0.39 is 0 Å². The van der Waals surface area contributed by atoms with Crippen LogP contribution in [-0.2, 0) is 0 Å². The van der Waals surface area contributed by atoms with Gasteiger partial charge in [-0.2, -0.15) is 0 Å². The smallest absolute Gasteiger partial charge is 0.131 e. The molecular formula is C11H11ClFN. The van der Waals surface area contributed by atoms with E-state index >= 15 is 0 Å². The highest BCUT2D eigenvalue weighted by atomic mass is 35.5. The summed E-state index contributed by atoms with van der Waals surface area (Å²) in [6.07, 6.45) is 2.82. The van der Waals surface area contributed by atoms with E-state index in [2.05, 4.69) is 5.32 Å². The van der Waals surface area contributed by atoms with Crippen LogP contribution in [0.25, 0.3) is 6.08 Å². The SMILES string of the molecule is Fc1cccc(Cl)c1C=C1CCNC1. The standard InChI is InChI=1S/C11H11ClFN/c12-10-2-1-3-11(13)9(10)6-8-4-5-14-7-8/h1-3,6,14H,4-5,7H2. The number of rotatable bonds is 1. The van der Waals surface area contributed by atoms with Crippen LogP contribution in [0, 0.1) is 5.82 Å². The highest BCUT2D eigenvalue weighted by Gasteiger charge is 2.09. The molecule has 0 atom stereocenters. The number of halogens is 2. The number of hydrogen-bond donors (Lipinski definition) is 1. The highest BCUT2D eigenvalue weighted by Crippen LogP contribution is 2.23. The van der Waals surface area contributed by atoms with Crippen LogP contribution < -0.4 is 5.32 Å². The molecule has 0 unspecified atom stereocenters. The summed E-state index contributed by atoms with van der Waals surface area (Å²) in [7, 11) is 0. The van der Waals surface area contributed by atoms with E-state index in [0.29, 0.717) is 10.6 Å². The monoisotopic (exact) mass is 211 g/mol. The predicted molar refractivity (Wildman–Crippen MR) is 56.9 cm³/mol. The molecule has 14 heavy (non-hydrogen) atoms. The van der Waals surface area contributed by atoms with Crippen LogP contribution in [0.5, 0.6) is 0 Å². The minimum absolute atomic E-state index is 0.253. The van der Waals surface area contributed by atoms with Gasteiger partial charge in [-0.1, -0.05) is 29.3 Å². The van der Waals surface area contributed by atoms with Gasteiger partial charge in [0.05, 0.1) is 5.02 Å². The lowest BCUT2D eigenvalue weighted by Gasteiger charge is -2.01. The van der Waals surface area contributed by atoms with Crippen molar-refractivity contribution in [1.29, 1.82) is 0 Å². The highest BCUT2D eigenvalue weighted by molar-refractivity contribution is 6.32. The Balaban J connectivity index is 2.36. The molecule has 3 heteroatoms. The Kier molecular flexibility index (Phi) is 2.85. The van der Waals surface area contributed by atoms with Crippen LogP contribution in [-0.4, -0.2) is 13.1 Å². The molecule has 2 rings (SSSR count). The fraction of sp³-hybridized carbons (Fsp3) is 0.273. The molecule has 1 aromatic carbocycles. The van der Waals surface area contributed by atoms with Gasteiger partial charge in [0, 0.05) is 12.1 Å². The fourth-order valence-corrected chi connectivity index (χ4v) is 1.78. The zero-order valence-electron chi connectivity index (χ0n) is 7.69. The average Bonchev–Trinajstić information content (AvgIpc) is 2.64. The molecule has 1 fully saturated rings. The first-order valence-electron chi connectivity index (χ1n) is 4.61. The van der Waals surface area contributed by atoms with Crippen LogP contribution in [0.4, 0.5) is 4.39 Å². The summed E-state index contributed by atoms with van der Waals surface area (Å²) in [6, 6.07) is 4.76. The minimum Gasteiger partial charge on any atom is -0.313 e. The molecule has 0 radical (unpaired) electrons. The van der Waals surface area contributed by atoms with E-state index in [1.807, 2.05) is 6.08 Å². The lowest BCUT2D eigenvalue weighted by Crippen LogP contribution is -2.04. The molecule has 0 aromatic heterocycles. The second-order valence-electron chi connectivity index (χ2n) is 3.36. The molecule has 1 heterocycles. The summed E-state index contributed by atoms with van der Waals surface area (Å²) < 4.78 is 13.4. The summed E-state index contributed by atoms with van der Waals surface area (Å²) in [6.45, 7) is 1.81. The van der Waals surface area contributed by atoms with Crippen molar-refractivity contribution in [2.75, 3.05) is 13.1 Å². The number of nitrogens with one attached hydrogen (secondary N) is 1. The van der Waals surface area contributed by atoms with Crippen LogP contribution in [0.3, 0.4) is 0 Å². The molecule has 0 saturated carbocycles. The zero-order chi connectivity index (χ0) is 9.97. The van der Waals surface area contributed by atoms with Crippen molar-refractivity contribution < 1.29 is 4.39 Å². The summed E-state index contributed by atoms with van der Waals surface area (Å²) in [4.78, 5) is 0. The van der Waals surface area contributed by atoms with Gasteiger partial charge in [0.2, 0.25) is 0 Å².